The van der Waals surface area contributed by atoms with Gasteiger partial charge in [0.25, 0.3) is 0 Å². The normalized spacial score (nSPS) is 10.8. The zero-order valence-electron chi connectivity index (χ0n) is 20.3. The van der Waals surface area contributed by atoms with Gasteiger partial charge in [-0.3, -0.25) is 0 Å². The third-order valence-electron chi connectivity index (χ3n) is 6.32. The Hall–Kier alpha value is -3.71. The largest absolute Gasteiger partial charge is 1.00 e. The first kappa shape index (κ1) is 26.4. The van der Waals surface area contributed by atoms with E-state index in [2.05, 4.69) is 91.5 Å². The highest BCUT2D eigenvalue weighted by Gasteiger charge is 2.44. The summed E-state index contributed by atoms with van der Waals surface area (Å²) in [5, 5.41) is 3.87. The van der Waals surface area contributed by atoms with Gasteiger partial charge in [-0.2, -0.15) is 0 Å². The van der Waals surface area contributed by atoms with E-state index in [1.54, 1.807) is 6.07 Å². The van der Waals surface area contributed by atoms with Gasteiger partial charge in [-0.25, -0.2) is 4.39 Å². The minimum atomic E-state index is -2.00. The maximum atomic E-state index is 14.7. The molecule has 5 aromatic rings. The summed E-state index contributed by atoms with van der Waals surface area (Å²) in [4.78, 5) is 0. The molecule has 0 radical (unpaired) electrons. The van der Waals surface area contributed by atoms with Crippen molar-refractivity contribution in [2.45, 2.75) is 0 Å². The Morgan fingerprint density at radius 3 is 1.76 bits per heavy atom. The fraction of sp³-hybridized carbons (Fsp3) is 0.0303. The van der Waals surface area contributed by atoms with Crippen LogP contribution in [0.3, 0.4) is 0 Å². The number of hydrogen-bond donors (Lipinski definition) is 0. The maximum absolute atomic E-state index is 14.7. The van der Waals surface area contributed by atoms with E-state index >= 15 is 0 Å². The topological polar surface area (TPSA) is 9.23 Å². The van der Waals surface area contributed by atoms with Gasteiger partial charge >= 0.3 is 0 Å². The van der Waals surface area contributed by atoms with Crippen molar-refractivity contribution in [2.24, 2.45) is 0 Å². The van der Waals surface area contributed by atoms with E-state index in [4.69, 9.17) is 4.74 Å². The van der Waals surface area contributed by atoms with Crippen LogP contribution in [0.15, 0.2) is 146 Å². The molecule has 0 heterocycles. The summed E-state index contributed by atoms with van der Waals surface area (Å²) < 4.78 is 20.5. The SMILES string of the molecule is C=CC[P+](c1ccccc1)(c1ccccc1)c1cccc(-c2ccc(F)c(Oc3ccccc3)c2)c1.[Cl-]. The third-order valence-corrected chi connectivity index (χ3v) is 10.6. The molecule has 4 heteroatoms. The molecule has 0 aromatic heterocycles. The second-order valence-electron chi connectivity index (χ2n) is 8.56. The van der Waals surface area contributed by atoms with Crippen LogP contribution in [0.2, 0.25) is 0 Å². The first-order valence-electron chi connectivity index (χ1n) is 11.9. The maximum Gasteiger partial charge on any atom is 0.165 e. The summed E-state index contributed by atoms with van der Waals surface area (Å²) in [5.74, 6) is 0.426. The van der Waals surface area contributed by atoms with Crippen molar-refractivity contribution in [1.29, 1.82) is 0 Å². The number of hydrogen-bond acceptors (Lipinski definition) is 1. The van der Waals surface area contributed by atoms with E-state index in [0.29, 0.717) is 5.75 Å². The monoisotopic (exact) mass is 524 g/mol. The number of ether oxygens (including phenoxy) is 1. The van der Waals surface area contributed by atoms with Crippen molar-refractivity contribution in [3.63, 3.8) is 0 Å². The van der Waals surface area contributed by atoms with E-state index in [1.807, 2.05) is 42.5 Å². The highest BCUT2D eigenvalue weighted by molar-refractivity contribution is 7.95. The van der Waals surface area contributed by atoms with Crippen molar-refractivity contribution in [2.75, 3.05) is 6.16 Å². The molecule has 0 aliphatic heterocycles. The van der Waals surface area contributed by atoms with Crippen LogP contribution in [0.4, 0.5) is 4.39 Å². The molecule has 0 aliphatic carbocycles. The minimum Gasteiger partial charge on any atom is -1.00 e. The Morgan fingerprint density at radius 2 is 1.16 bits per heavy atom. The molecule has 0 saturated carbocycles. The number of benzene rings is 5. The lowest BCUT2D eigenvalue weighted by Crippen LogP contribution is -3.00. The Balaban J connectivity index is 0.00000320. The standard InChI is InChI=1S/C33H27FOP.ClH/c1-2-23-36(29-16-8-4-9-17-29,30-18-10-5-11-19-30)31-20-12-13-26(24-31)27-21-22-32(34)33(25-27)35-28-14-6-3-7-15-28;/h2-22,24-25H,1,23H2;1H/q+1;/p-1. The summed E-state index contributed by atoms with van der Waals surface area (Å²) in [5.41, 5.74) is 1.92. The molecule has 0 saturated heterocycles. The molecule has 184 valence electrons. The van der Waals surface area contributed by atoms with E-state index in [-0.39, 0.29) is 24.0 Å². The summed E-state index contributed by atoms with van der Waals surface area (Å²) in [6.07, 6.45) is 2.88. The van der Waals surface area contributed by atoms with Gasteiger partial charge in [-0.05, 0) is 71.8 Å². The first-order chi connectivity index (χ1) is 17.7. The second-order valence-corrected chi connectivity index (χ2v) is 12.1. The molecule has 0 amide bonds. The minimum absolute atomic E-state index is 0. The van der Waals surface area contributed by atoms with E-state index in [1.165, 1.54) is 22.0 Å². The number of halogens is 2. The number of allylic oxidation sites excluding steroid dienone is 1. The third kappa shape index (κ3) is 5.52. The molecule has 1 nitrogen and oxygen atoms in total. The van der Waals surface area contributed by atoms with Crippen molar-refractivity contribution >= 4 is 23.2 Å². The molecular formula is C33H27ClFOP. The van der Waals surface area contributed by atoms with Gasteiger partial charge < -0.3 is 17.1 Å². The van der Waals surface area contributed by atoms with Crippen molar-refractivity contribution < 1.29 is 21.5 Å². The smallest absolute Gasteiger partial charge is 0.165 e. The molecular weight excluding hydrogens is 498 g/mol. The molecule has 5 aromatic carbocycles. The average molecular weight is 525 g/mol. The van der Waals surface area contributed by atoms with Crippen LogP contribution in [0.5, 0.6) is 11.5 Å². The lowest BCUT2D eigenvalue weighted by atomic mass is 10.1. The molecule has 0 bridgehead atoms. The predicted octanol–water partition coefficient (Wildman–Crippen LogP) is 4.77. The fourth-order valence-corrected chi connectivity index (χ4v) is 8.60. The lowest BCUT2D eigenvalue weighted by molar-refractivity contribution is -0.00000789. The van der Waals surface area contributed by atoms with Gasteiger partial charge in [0.1, 0.15) is 28.9 Å². The van der Waals surface area contributed by atoms with Crippen LogP contribution in [0.1, 0.15) is 0 Å². The summed E-state index contributed by atoms with van der Waals surface area (Å²) >= 11 is 0. The van der Waals surface area contributed by atoms with Crippen LogP contribution >= 0.6 is 7.26 Å². The van der Waals surface area contributed by atoms with Crippen molar-refractivity contribution in [1.82, 2.24) is 0 Å². The van der Waals surface area contributed by atoms with Gasteiger partial charge in [-0.1, -0.05) is 85.5 Å². The van der Waals surface area contributed by atoms with Gasteiger partial charge in [0.2, 0.25) is 0 Å². The quantitative estimate of drug-likeness (QED) is 0.210. The van der Waals surface area contributed by atoms with Crippen molar-refractivity contribution in [3.8, 4) is 22.6 Å². The number of para-hydroxylation sites is 1. The first-order valence-corrected chi connectivity index (χ1v) is 13.9. The predicted molar refractivity (Wildman–Crippen MR) is 152 cm³/mol. The zero-order chi connectivity index (χ0) is 24.8. The average Bonchev–Trinajstić information content (AvgIpc) is 2.94. The molecule has 0 atom stereocenters. The van der Waals surface area contributed by atoms with Crippen LogP contribution < -0.4 is 33.1 Å². The van der Waals surface area contributed by atoms with E-state index in [0.717, 1.165) is 17.3 Å². The highest BCUT2D eigenvalue weighted by Crippen LogP contribution is 2.55. The van der Waals surface area contributed by atoms with Gasteiger partial charge in [0, 0.05) is 0 Å². The van der Waals surface area contributed by atoms with Crippen LogP contribution in [-0.4, -0.2) is 6.16 Å². The Bertz CT molecular complexity index is 1420. The molecule has 0 fully saturated rings. The lowest BCUT2D eigenvalue weighted by Gasteiger charge is -2.27. The molecule has 0 N–H and O–H groups in total. The second kappa shape index (κ2) is 12.0. The molecule has 37 heavy (non-hydrogen) atoms. The van der Waals surface area contributed by atoms with Crippen LogP contribution in [-0.2, 0) is 0 Å². The summed E-state index contributed by atoms with van der Waals surface area (Å²) in [6, 6.07) is 44.4. The Kier molecular flexibility index (Phi) is 8.56. The van der Waals surface area contributed by atoms with Crippen LogP contribution in [0.25, 0.3) is 11.1 Å². The van der Waals surface area contributed by atoms with E-state index in [9.17, 15) is 4.39 Å². The Labute approximate surface area is 225 Å². The number of rotatable bonds is 8. The molecule has 5 rings (SSSR count). The van der Waals surface area contributed by atoms with Crippen LogP contribution in [0, 0.1) is 5.82 Å². The van der Waals surface area contributed by atoms with Gasteiger partial charge in [0.15, 0.2) is 11.6 Å². The molecule has 0 aliphatic rings. The summed E-state index contributed by atoms with van der Waals surface area (Å²) in [6.45, 7) is 4.13. The van der Waals surface area contributed by atoms with Gasteiger partial charge in [0.05, 0.1) is 6.16 Å². The molecule has 0 spiro atoms. The van der Waals surface area contributed by atoms with Gasteiger partial charge in [-0.15, -0.1) is 0 Å². The highest BCUT2D eigenvalue weighted by atomic mass is 35.5. The van der Waals surface area contributed by atoms with Crippen molar-refractivity contribution in [3.05, 3.63) is 152 Å². The fourth-order valence-electron chi connectivity index (χ4n) is 4.62. The molecule has 0 unspecified atom stereocenters. The van der Waals surface area contributed by atoms with E-state index < -0.39 is 7.26 Å². The summed E-state index contributed by atoms with van der Waals surface area (Å²) in [7, 11) is -2.00. The Morgan fingerprint density at radius 1 is 0.622 bits per heavy atom. The zero-order valence-corrected chi connectivity index (χ0v) is 22.0.